The maximum Gasteiger partial charge on any atom is 0.255 e. The Kier molecular flexibility index (Phi) is 6.58. The second-order valence-electron chi connectivity index (χ2n) is 7.62. The van der Waals surface area contributed by atoms with E-state index >= 15 is 0 Å². The van der Waals surface area contributed by atoms with E-state index in [9.17, 15) is 19.1 Å². The molecule has 1 heterocycles. The summed E-state index contributed by atoms with van der Waals surface area (Å²) in [7, 11) is 0. The smallest absolute Gasteiger partial charge is 0.255 e. The highest BCUT2D eigenvalue weighted by molar-refractivity contribution is 6.04. The average molecular weight is 434 g/mol. The fourth-order valence-corrected chi connectivity index (χ4v) is 3.66. The number of aliphatic hydroxyl groups excluding tert-OH is 1. The summed E-state index contributed by atoms with van der Waals surface area (Å²) in [5.74, 6) is -0.815. The molecular formula is C25H23FN2O4. The van der Waals surface area contributed by atoms with Crippen molar-refractivity contribution in [3.05, 3.63) is 101 Å². The first-order valence-corrected chi connectivity index (χ1v) is 10.3. The van der Waals surface area contributed by atoms with Gasteiger partial charge in [-0.15, -0.1) is 0 Å². The Morgan fingerprint density at radius 3 is 2.44 bits per heavy atom. The Morgan fingerprint density at radius 1 is 1.06 bits per heavy atom. The molecule has 7 heteroatoms. The fraction of sp³-hybridized carbons (Fsp3) is 0.200. The van der Waals surface area contributed by atoms with Crippen molar-refractivity contribution in [2.75, 3.05) is 18.5 Å². The molecule has 0 spiro atoms. The van der Waals surface area contributed by atoms with E-state index in [-0.39, 0.29) is 37.4 Å². The van der Waals surface area contributed by atoms with E-state index in [1.165, 1.54) is 12.1 Å². The van der Waals surface area contributed by atoms with Crippen molar-refractivity contribution in [2.24, 2.45) is 0 Å². The highest BCUT2D eigenvalue weighted by Gasteiger charge is 2.34. The summed E-state index contributed by atoms with van der Waals surface area (Å²) >= 11 is 0. The van der Waals surface area contributed by atoms with Crippen LogP contribution in [0.4, 0.5) is 10.1 Å². The highest BCUT2D eigenvalue weighted by atomic mass is 19.1. The van der Waals surface area contributed by atoms with E-state index in [2.05, 4.69) is 5.32 Å². The predicted molar refractivity (Wildman–Crippen MR) is 117 cm³/mol. The third kappa shape index (κ3) is 5.01. The van der Waals surface area contributed by atoms with Crippen LogP contribution in [0.2, 0.25) is 0 Å². The molecule has 0 radical (unpaired) electrons. The van der Waals surface area contributed by atoms with Crippen LogP contribution in [0.15, 0.2) is 78.9 Å². The molecule has 2 N–H and O–H groups in total. The Labute approximate surface area is 185 Å². The van der Waals surface area contributed by atoms with Crippen LogP contribution in [-0.2, 0) is 16.1 Å². The minimum atomic E-state index is -0.987. The van der Waals surface area contributed by atoms with Gasteiger partial charge in [-0.25, -0.2) is 4.39 Å². The van der Waals surface area contributed by atoms with Gasteiger partial charge in [0.15, 0.2) is 0 Å². The molecule has 1 aliphatic rings. The Morgan fingerprint density at radius 2 is 1.75 bits per heavy atom. The molecule has 0 saturated carbocycles. The summed E-state index contributed by atoms with van der Waals surface area (Å²) in [6, 6.07) is 21.0. The number of halogens is 1. The first kappa shape index (κ1) is 21.7. The summed E-state index contributed by atoms with van der Waals surface area (Å²) in [5.41, 5.74) is 2.49. The number of morpholine rings is 1. The molecule has 164 valence electrons. The van der Waals surface area contributed by atoms with Crippen molar-refractivity contribution in [2.45, 2.75) is 18.7 Å². The normalized spacial score (nSPS) is 17.1. The van der Waals surface area contributed by atoms with Crippen LogP contribution in [0.1, 0.15) is 27.6 Å². The van der Waals surface area contributed by atoms with Crippen molar-refractivity contribution in [1.82, 2.24) is 4.90 Å². The van der Waals surface area contributed by atoms with Crippen molar-refractivity contribution in [3.63, 3.8) is 0 Å². The Bertz CT molecular complexity index is 1070. The standard InChI is InChI=1S/C25H23FN2O4/c26-20-10-6-17(7-11-20)14-28-22(15-32-16-23(28)29)24(30)18-8-12-21(13-9-18)27-25(31)19-4-2-1-3-5-19/h1-13,22,24,30H,14-16H2,(H,27,31). The summed E-state index contributed by atoms with van der Waals surface area (Å²) in [5, 5.41) is 13.8. The maximum absolute atomic E-state index is 13.2. The van der Waals surface area contributed by atoms with Crippen LogP contribution in [0.25, 0.3) is 0 Å². The summed E-state index contributed by atoms with van der Waals surface area (Å²) < 4.78 is 18.6. The molecule has 1 fully saturated rings. The molecule has 0 aromatic heterocycles. The number of anilines is 1. The molecule has 4 rings (SSSR count). The molecule has 1 aliphatic heterocycles. The monoisotopic (exact) mass is 434 g/mol. The zero-order chi connectivity index (χ0) is 22.5. The van der Waals surface area contributed by atoms with E-state index in [0.717, 1.165) is 5.56 Å². The van der Waals surface area contributed by atoms with E-state index in [4.69, 9.17) is 4.74 Å². The number of benzene rings is 3. The first-order chi connectivity index (χ1) is 15.5. The number of rotatable bonds is 6. The molecule has 1 saturated heterocycles. The Hall–Kier alpha value is -3.55. The Balaban J connectivity index is 1.46. The lowest BCUT2D eigenvalue weighted by Gasteiger charge is -2.38. The molecule has 3 aromatic rings. The number of hydrogen-bond acceptors (Lipinski definition) is 4. The van der Waals surface area contributed by atoms with Crippen molar-refractivity contribution in [3.8, 4) is 0 Å². The van der Waals surface area contributed by atoms with E-state index < -0.39 is 12.1 Å². The molecule has 32 heavy (non-hydrogen) atoms. The van der Waals surface area contributed by atoms with E-state index in [1.54, 1.807) is 65.6 Å². The van der Waals surface area contributed by atoms with Crippen molar-refractivity contribution in [1.29, 1.82) is 0 Å². The average Bonchev–Trinajstić information content (AvgIpc) is 2.82. The van der Waals surface area contributed by atoms with Crippen molar-refractivity contribution < 1.29 is 23.8 Å². The molecule has 0 aliphatic carbocycles. The van der Waals surface area contributed by atoms with Gasteiger partial charge in [0.25, 0.3) is 5.91 Å². The molecular weight excluding hydrogens is 411 g/mol. The van der Waals surface area contributed by atoms with Crippen molar-refractivity contribution >= 4 is 17.5 Å². The lowest BCUT2D eigenvalue weighted by Crippen LogP contribution is -2.51. The summed E-state index contributed by atoms with van der Waals surface area (Å²) in [6.07, 6.45) is -0.987. The number of carbonyl (C=O) groups is 2. The minimum absolute atomic E-state index is 0.0606. The minimum Gasteiger partial charge on any atom is -0.386 e. The van der Waals surface area contributed by atoms with Gasteiger partial charge < -0.3 is 20.1 Å². The zero-order valence-corrected chi connectivity index (χ0v) is 17.3. The highest BCUT2D eigenvalue weighted by Crippen LogP contribution is 2.27. The molecule has 2 atom stereocenters. The molecule has 2 amide bonds. The van der Waals surface area contributed by atoms with Gasteiger partial charge in [-0.3, -0.25) is 9.59 Å². The lowest BCUT2D eigenvalue weighted by atomic mass is 9.99. The van der Waals surface area contributed by atoms with Crippen LogP contribution in [0.3, 0.4) is 0 Å². The van der Waals surface area contributed by atoms with Gasteiger partial charge in [0.2, 0.25) is 5.91 Å². The fourth-order valence-electron chi connectivity index (χ4n) is 3.66. The zero-order valence-electron chi connectivity index (χ0n) is 17.3. The summed E-state index contributed by atoms with van der Waals surface area (Å²) in [4.78, 5) is 26.4. The van der Waals surface area contributed by atoms with Crippen LogP contribution in [-0.4, -0.2) is 41.1 Å². The number of amides is 2. The number of aliphatic hydroxyl groups is 1. The molecule has 0 bridgehead atoms. The number of carbonyl (C=O) groups excluding carboxylic acids is 2. The van der Waals surface area contributed by atoms with Gasteiger partial charge in [0.05, 0.1) is 12.6 Å². The third-order valence-corrected chi connectivity index (χ3v) is 5.41. The van der Waals surface area contributed by atoms with Crippen LogP contribution < -0.4 is 5.32 Å². The second-order valence-corrected chi connectivity index (χ2v) is 7.62. The largest absolute Gasteiger partial charge is 0.386 e. The molecule has 2 unspecified atom stereocenters. The van der Waals surface area contributed by atoms with Gasteiger partial charge in [0, 0.05) is 17.8 Å². The number of ether oxygens (including phenoxy) is 1. The van der Waals surface area contributed by atoms with Gasteiger partial charge >= 0.3 is 0 Å². The maximum atomic E-state index is 13.2. The van der Waals surface area contributed by atoms with Crippen LogP contribution >= 0.6 is 0 Å². The third-order valence-electron chi connectivity index (χ3n) is 5.41. The van der Waals surface area contributed by atoms with Crippen LogP contribution in [0, 0.1) is 5.82 Å². The van der Waals surface area contributed by atoms with E-state index in [1.807, 2.05) is 6.07 Å². The second kappa shape index (κ2) is 9.72. The predicted octanol–water partition coefficient (Wildman–Crippen LogP) is 3.54. The lowest BCUT2D eigenvalue weighted by molar-refractivity contribution is -0.155. The quantitative estimate of drug-likeness (QED) is 0.622. The van der Waals surface area contributed by atoms with Gasteiger partial charge in [-0.05, 0) is 47.5 Å². The number of hydrogen-bond donors (Lipinski definition) is 2. The molecule has 3 aromatic carbocycles. The van der Waals surface area contributed by atoms with Gasteiger partial charge in [0.1, 0.15) is 18.5 Å². The van der Waals surface area contributed by atoms with Gasteiger partial charge in [-0.2, -0.15) is 0 Å². The number of nitrogens with one attached hydrogen (secondary N) is 1. The molecule has 6 nitrogen and oxygen atoms in total. The SMILES string of the molecule is O=C(Nc1ccc(C(O)C2COCC(=O)N2Cc2ccc(F)cc2)cc1)c1ccccc1. The topological polar surface area (TPSA) is 78.9 Å². The summed E-state index contributed by atoms with van der Waals surface area (Å²) in [6.45, 7) is 0.366. The van der Waals surface area contributed by atoms with Gasteiger partial charge in [-0.1, -0.05) is 42.5 Å². The van der Waals surface area contributed by atoms with E-state index in [0.29, 0.717) is 16.8 Å². The number of nitrogens with zero attached hydrogens (tertiary/aromatic N) is 1. The van der Waals surface area contributed by atoms with Crippen LogP contribution in [0.5, 0.6) is 0 Å². The first-order valence-electron chi connectivity index (χ1n) is 10.3.